The lowest BCUT2D eigenvalue weighted by atomic mass is 10.2. The van der Waals surface area contributed by atoms with Gasteiger partial charge in [0, 0.05) is 19.3 Å². The third-order valence-electron chi connectivity index (χ3n) is 2.38. The van der Waals surface area contributed by atoms with Gasteiger partial charge in [-0.05, 0) is 24.6 Å². The molecule has 1 aromatic carbocycles. The minimum absolute atomic E-state index is 0.363. The van der Waals surface area contributed by atoms with Crippen LogP contribution in [0.5, 0.6) is 0 Å². The predicted molar refractivity (Wildman–Crippen MR) is 66.8 cm³/mol. The van der Waals surface area contributed by atoms with Crippen molar-refractivity contribution in [3.8, 4) is 0 Å². The van der Waals surface area contributed by atoms with Crippen molar-refractivity contribution in [1.29, 1.82) is 0 Å². The molecule has 2 aromatic rings. The summed E-state index contributed by atoms with van der Waals surface area (Å²) in [4.78, 5) is 23.0. The van der Waals surface area contributed by atoms with Crippen molar-refractivity contribution in [3.63, 3.8) is 0 Å². The average Bonchev–Trinajstić information content (AvgIpc) is 3.03. The van der Waals surface area contributed by atoms with E-state index in [-0.39, 0.29) is 11.2 Å². The van der Waals surface area contributed by atoms with Crippen LogP contribution in [0.15, 0.2) is 40.1 Å². The van der Waals surface area contributed by atoms with E-state index in [1.807, 2.05) is 0 Å². The number of aryl methyl sites for hydroxylation is 2. The monoisotopic (exact) mass is 231 g/mol. The lowest BCUT2D eigenvalue weighted by Gasteiger charge is -1.89. The largest absolute Gasteiger partial charge is 0.352 e. The zero-order valence-electron chi connectivity index (χ0n) is 9.65. The Hall–Kier alpha value is -2.30. The fraction of sp³-hybridized carbons (Fsp3) is 0.167. The number of hydrogen-bond donors (Lipinski definition) is 2. The Morgan fingerprint density at radius 1 is 1.12 bits per heavy atom. The number of nitrogens with zero attached hydrogens (tertiary/aromatic N) is 1. The normalized spacial score (nSPS) is 10.7. The highest BCUT2D eigenvalue weighted by Crippen LogP contribution is 2.38. The zero-order chi connectivity index (χ0) is 12.4. The fourth-order valence-electron chi connectivity index (χ4n) is 1.33. The van der Waals surface area contributed by atoms with Gasteiger partial charge in [-0.1, -0.05) is 6.07 Å². The fourth-order valence-corrected chi connectivity index (χ4v) is 1.33. The van der Waals surface area contributed by atoms with E-state index in [9.17, 15) is 9.59 Å². The van der Waals surface area contributed by atoms with Crippen molar-refractivity contribution in [1.82, 2.24) is 9.55 Å². The molecule has 0 atom stereocenters. The van der Waals surface area contributed by atoms with Gasteiger partial charge in [0.2, 0.25) is 0 Å². The highest BCUT2D eigenvalue weighted by Gasteiger charge is 2.12. The summed E-state index contributed by atoms with van der Waals surface area (Å²) in [6.07, 6.45) is 1.42. The van der Waals surface area contributed by atoms with E-state index in [2.05, 4.69) is 35.4 Å². The van der Waals surface area contributed by atoms with Gasteiger partial charge in [-0.3, -0.25) is 9.78 Å². The van der Waals surface area contributed by atoms with E-state index >= 15 is 0 Å². The molecule has 1 aromatic heterocycles. The van der Waals surface area contributed by atoms with Gasteiger partial charge in [0.1, 0.15) is 0 Å². The Balaban J connectivity index is 0.000000127. The number of aromatic nitrogens is 2. The van der Waals surface area contributed by atoms with Crippen molar-refractivity contribution in [2.75, 3.05) is 5.32 Å². The Labute approximate surface area is 97.7 Å². The van der Waals surface area contributed by atoms with Gasteiger partial charge in [-0.15, -0.1) is 0 Å². The maximum absolute atomic E-state index is 10.5. The van der Waals surface area contributed by atoms with Gasteiger partial charge in [0.15, 0.2) is 0 Å². The molecule has 1 aliphatic heterocycles. The minimum Gasteiger partial charge on any atom is -0.352 e. The third kappa shape index (κ3) is 2.84. The van der Waals surface area contributed by atoms with Gasteiger partial charge in [-0.25, -0.2) is 4.79 Å². The van der Waals surface area contributed by atoms with E-state index in [0.717, 1.165) is 0 Å². The van der Waals surface area contributed by atoms with E-state index in [1.165, 1.54) is 33.8 Å². The SMILES string of the molecule is Cc1ccc2c(c1)N2.Cn1ccc(=O)[nH]c1=O. The number of aromatic amines is 1. The molecule has 0 bridgehead atoms. The molecule has 0 unspecified atom stereocenters. The molecule has 3 rings (SSSR count). The topological polar surface area (TPSA) is 76.8 Å². The second-order valence-corrected chi connectivity index (χ2v) is 3.90. The van der Waals surface area contributed by atoms with Gasteiger partial charge in [0.25, 0.3) is 5.56 Å². The number of anilines is 2. The van der Waals surface area contributed by atoms with Crippen LogP contribution >= 0.6 is 0 Å². The molecular formula is C12H13N3O2. The molecule has 0 amide bonds. The zero-order valence-corrected chi connectivity index (χ0v) is 9.65. The van der Waals surface area contributed by atoms with Gasteiger partial charge < -0.3 is 9.88 Å². The Morgan fingerprint density at radius 3 is 2.41 bits per heavy atom. The lowest BCUT2D eigenvalue weighted by Crippen LogP contribution is -2.26. The summed E-state index contributed by atoms with van der Waals surface area (Å²) >= 11 is 0. The first-order valence-corrected chi connectivity index (χ1v) is 5.20. The smallest absolute Gasteiger partial charge is 0.328 e. The summed E-state index contributed by atoms with van der Waals surface area (Å²) in [5, 5.41) is 3.13. The quantitative estimate of drug-likeness (QED) is 0.569. The van der Waals surface area contributed by atoms with E-state index in [0.29, 0.717) is 0 Å². The highest BCUT2D eigenvalue weighted by molar-refractivity contribution is 5.90. The summed E-state index contributed by atoms with van der Waals surface area (Å²) in [5.41, 5.74) is 3.16. The lowest BCUT2D eigenvalue weighted by molar-refractivity contribution is 0.799. The predicted octanol–water partition coefficient (Wildman–Crippen LogP) is 1.13. The molecule has 0 saturated heterocycles. The Kier molecular flexibility index (Phi) is 2.82. The summed E-state index contributed by atoms with van der Waals surface area (Å²) in [5.74, 6) is 0. The van der Waals surface area contributed by atoms with Crippen molar-refractivity contribution in [2.24, 2.45) is 7.05 Å². The molecule has 0 radical (unpaired) electrons. The molecule has 0 spiro atoms. The number of rotatable bonds is 0. The van der Waals surface area contributed by atoms with Crippen LogP contribution in [-0.4, -0.2) is 9.55 Å². The highest BCUT2D eigenvalue weighted by atomic mass is 16.2. The van der Waals surface area contributed by atoms with E-state index < -0.39 is 0 Å². The van der Waals surface area contributed by atoms with Crippen molar-refractivity contribution >= 4 is 11.4 Å². The molecule has 1 aliphatic rings. The second-order valence-electron chi connectivity index (χ2n) is 3.90. The summed E-state index contributed by atoms with van der Waals surface area (Å²) in [6, 6.07) is 7.65. The second kappa shape index (κ2) is 4.29. The first kappa shape index (κ1) is 11.2. The molecule has 5 nitrogen and oxygen atoms in total. The third-order valence-corrected chi connectivity index (χ3v) is 2.38. The van der Waals surface area contributed by atoms with E-state index in [4.69, 9.17) is 0 Å². The average molecular weight is 231 g/mol. The molecule has 0 fully saturated rings. The summed E-state index contributed by atoms with van der Waals surface area (Å²) in [7, 11) is 1.57. The number of nitrogens with one attached hydrogen (secondary N) is 2. The Bertz CT molecular complexity index is 655. The van der Waals surface area contributed by atoms with Gasteiger partial charge >= 0.3 is 5.69 Å². The van der Waals surface area contributed by atoms with Crippen LogP contribution in [0.1, 0.15) is 5.56 Å². The summed E-state index contributed by atoms with van der Waals surface area (Å²) < 4.78 is 1.29. The van der Waals surface area contributed by atoms with Crippen LogP contribution in [0, 0.1) is 6.92 Å². The first-order valence-electron chi connectivity index (χ1n) is 5.20. The molecule has 0 aliphatic carbocycles. The number of fused-ring (bicyclic) bond motifs is 1. The molecule has 5 heteroatoms. The van der Waals surface area contributed by atoms with Crippen LogP contribution in [-0.2, 0) is 7.05 Å². The number of benzene rings is 1. The molecule has 17 heavy (non-hydrogen) atoms. The van der Waals surface area contributed by atoms with Crippen LogP contribution < -0.4 is 16.6 Å². The molecular weight excluding hydrogens is 218 g/mol. The Morgan fingerprint density at radius 2 is 1.88 bits per heavy atom. The summed E-state index contributed by atoms with van der Waals surface area (Å²) in [6.45, 7) is 2.10. The minimum atomic E-state index is -0.387. The molecule has 88 valence electrons. The van der Waals surface area contributed by atoms with Crippen molar-refractivity contribution < 1.29 is 0 Å². The standard InChI is InChI=1S/C7H7N.C5H6N2O2/c1-5-2-3-6-7(4-5)8-6;1-7-3-2-4(8)6-5(7)9/h2-4,8H,1H3;2-3H,1H3,(H,6,8,9). The molecule has 2 heterocycles. The first-order chi connectivity index (χ1) is 8.06. The molecule has 0 saturated carbocycles. The maximum atomic E-state index is 10.5. The van der Waals surface area contributed by atoms with Crippen molar-refractivity contribution in [3.05, 3.63) is 56.9 Å². The van der Waals surface area contributed by atoms with Crippen LogP contribution in [0.3, 0.4) is 0 Å². The van der Waals surface area contributed by atoms with Gasteiger partial charge in [0.05, 0.1) is 11.4 Å². The van der Waals surface area contributed by atoms with E-state index in [1.54, 1.807) is 7.05 Å². The van der Waals surface area contributed by atoms with Gasteiger partial charge in [-0.2, -0.15) is 0 Å². The van der Waals surface area contributed by atoms with Crippen molar-refractivity contribution in [2.45, 2.75) is 6.92 Å². The van der Waals surface area contributed by atoms with Crippen LogP contribution in [0.4, 0.5) is 11.4 Å². The number of hydrogen-bond acceptors (Lipinski definition) is 3. The maximum Gasteiger partial charge on any atom is 0.328 e. The van der Waals surface area contributed by atoms with Crippen LogP contribution in [0.2, 0.25) is 0 Å². The van der Waals surface area contributed by atoms with Crippen LogP contribution in [0.25, 0.3) is 0 Å². The number of H-pyrrole nitrogens is 1. The molecule has 2 N–H and O–H groups in total.